The lowest BCUT2D eigenvalue weighted by molar-refractivity contribution is -0.136. The standard InChI is InChI=1S/C19H24N4O3/c1-19(20)7-8-22(11-19)9-12-3-2-4-13-14(12)10-23(18(13)26)15-5-6-16(24)21-17(15)25/h2-4,15H,5-11,20H2,1H3,(H,21,24,25). The van der Waals surface area contributed by atoms with Crippen molar-refractivity contribution in [2.45, 2.75) is 50.9 Å². The van der Waals surface area contributed by atoms with Crippen LogP contribution >= 0.6 is 0 Å². The Morgan fingerprint density at radius 3 is 2.81 bits per heavy atom. The molecule has 1 aromatic carbocycles. The van der Waals surface area contributed by atoms with Gasteiger partial charge in [-0.3, -0.25) is 24.6 Å². The summed E-state index contributed by atoms with van der Waals surface area (Å²) < 4.78 is 0. The van der Waals surface area contributed by atoms with Crippen molar-refractivity contribution in [2.24, 2.45) is 5.73 Å². The second-order valence-corrected chi connectivity index (χ2v) is 7.96. The van der Waals surface area contributed by atoms with Crippen LogP contribution in [0.2, 0.25) is 0 Å². The quantitative estimate of drug-likeness (QED) is 0.763. The normalized spacial score (nSPS) is 29.2. The van der Waals surface area contributed by atoms with Gasteiger partial charge in [0.2, 0.25) is 11.8 Å². The third-order valence-corrected chi connectivity index (χ3v) is 5.66. The highest BCUT2D eigenvalue weighted by atomic mass is 16.2. The molecule has 2 fully saturated rings. The lowest BCUT2D eigenvalue weighted by Crippen LogP contribution is -2.52. The number of rotatable bonds is 3. The number of likely N-dealkylation sites (tertiary alicyclic amines) is 1. The zero-order valence-electron chi connectivity index (χ0n) is 15.0. The van der Waals surface area contributed by atoms with E-state index in [-0.39, 0.29) is 29.7 Å². The predicted molar refractivity (Wildman–Crippen MR) is 95.0 cm³/mol. The Labute approximate surface area is 152 Å². The molecule has 0 aromatic heterocycles. The summed E-state index contributed by atoms with van der Waals surface area (Å²) in [5, 5.41) is 2.34. The summed E-state index contributed by atoms with van der Waals surface area (Å²) in [5.41, 5.74) is 8.84. The summed E-state index contributed by atoms with van der Waals surface area (Å²) in [6.07, 6.45) is 1.62. The molecular formula is C19H24N4O3. The SMILES string of the molecule is CC1(N)CCN(Cc2cccc3c2CN(C2CCC(=O)NC2=O)C3=O)C1. The summed E-state index contributed by atoms with van der Waals surface area (Å²) in [6.45, 7) is 5.02. The van der Waals surface area contributed by atoms with Gasteiger partial charge in [0, 0.05) is 43.7 Å². The lowest BCUT2D eigenvalue weighted by Gasteiger charge is -2.29. The molecule has 2 unspecified atom stereocenters. The van der Waals surface area contributed by atoms with E-state index in [0.717, 1.165) is 37.2 Å². The average molecular weight is 356 g/mol. The van der Waals surface area contributed by atoms with Crippen LogP contribution in [-0.2, 0) is 22.7 Å². The maximum atomic E-state index is 12.8. The Kier molecular flexibility index (Phi) is 4.08. The van der Waals surface area contributed by atoms with Crippen molar-refractivity contribution in [3.8, 4) is 0 Å². The van der Waals surface area contributed by atoms with Crippen LogP contribution in [0.5, 0.6) is 0 Å². The van der Waals surface area contributed by atoms with Crippen molar-refractivity contribution >= 4 is 17.7 Å². The minimum absolute atomic E-state index is 0.124. The van der Waals surface area contributed by atoms with E-state index in [2.05, 4.69) is 17.1 Å². The highest BCUT2D eigenvalue weighted by Crippen LogP contribution is 2.31. The van der Waals surface area contributed by atoms with Crippen molar-refractivity contribution in [3.63, 3.8) is 0 Å². The van der Waals surface area contributed by atoms with Gasteiger partial charge in [-0.05, 0) is 37.0 Å². The van der Waals surface area contributed by atoms with E-state index in [1.54, 1.807) is 4.90 Å². The molecule has 7 nitrogen and oxygen atoms in total. The van der Waals surface area contributed by atoms with Gasteiger partial charge >= 0.3 is 0 Å². The van der Waals surface area contributed by atoms with Gasteiger partial charge in [-0.15, -0.1) is 0 Å². The molecule has 0 spiro atoms. The van der Waals surface area contributed by atoms with E-state index in [9.17, 15) is 14.4 Å². The lowest BCUT2D eigenvalue weighted by atomic mass is 10.0. The Morgan fingerprint density at radius 2 is 2.12 bits per heavy atom. The number of hydrogen-bond donors (Lipinski definition) is 2. The first-order chi connectivity index (χ1) is 12.3. The van der Waals surface area contributed by atoms with Crippen molar-refractivity contribution < 1.29 is 14.4 Å². The molecule has 0 bridgehead atoms. The Morgan fingerprint density at radius 1 is 1.31 bits per heavy atom. The van der Waals surface area contributed by atoms with Crippen LogP contribution in [-0.4, -0.2) is 52.2 Å². The van der Waals surface area contributed by atoms with Gasteiger partial charge in [0.05, 0.1) is 0 Å². The van der Waals surface area contributed by atoms with Crippen molar-refractivity contribution in [1.82, 2.24) is 15.1 Å². The number of nitrogens with one attached hydrogen (secondary N) is 1. The van der Waals surface area contributed by atoms with Crippen molar-refractivity contribution in [3.05, 3.63) is 34.9 Å². The molecule has 7 heteroatoms. The number of hydrogen-bond acceptors (Lipinski definition) is 5. The average Bonchev–Trinajstić information content (AvgIpc) is 3.08. The summed E-state index contributed by atoms with van der Waals surface area (Å²) in [7, 11) is 0. The zero-order chi connectivity index (χ0) is 18.5. The van der Waals surface area contributed by atoms with Crippen LogP contribution in [0.25, 0.3) is 0 Å². The third-order valence-electron chi connectivity index (χ3n) is 5.66. The highest BCUT2D eigenvalue weighted by molar-refractivity contribution is 6.05. The van der Waals surface area contributed by atoms with E-state index in [1.807, 2.05) is 18.2 Å². The van der Waals surface area contributed by atoms with Crippen molar-refractivity contribution in [2.75, 3.05) is 13.1 Å². The Balaban J connectivity index is 1.55. The molecule has 0 radical (unpaired) electrons. The van der Waals surface area contributed by atoms with E-state index in [1.165, 1.54) is 0 Å². The molecule has 3 aliphatic rings. The number of fused-ring (bicyclic) bond motifs is 1. The topological polar surface area (TPSA) is 95.7 Å². The fourth-order valence-electron chi connectivity index (χ4n) is 4.26. The molecule has 3 amide bonds. The van der Waals surface area contributed by atoms with E-state index in [4.69, 9.17) is 5.73 Å². The number of piperidine rings is 1. The molecular weight excluding hydrogens is 332 g/mol. The Bertz CT molecular complexity index is 789. The predicted octanol–water partition coefficient (Wildman–Crippen LogP) is 0.371. The van der Waals surface area contributed by atoms with Crippen LogP contribution in [0.3, 0.4) is 0 Å². The van der Waals surface area contributed by atoms with E-state index >= 15 is 0 Å². The number of nitrogens with two attached hydrogens (primary N) is 1. The van der Waals surface area contributed by atoms with Gasteiger partial charge in [-0.2, -0.15) is 0 Å². The molecule has 0 aliphatic carbocycles. The molecule has 3 heterocycles. The van der Waals surface area contributed by atoms with Crippen LogP contribution in [0.4, 0.5) is 0 Å². The Hall–Kier alpha value is -2.25. The molecule has 26 heavy (non-hydrogen) atoms. The van der Waals surface area contributed by atoms with E-state index in [0.29, 0.717) is 18.5 Å². The highest BCUT2D eigenvalue weighted by Gasteiger charge is 2.40. The van der Waals surface area contributed by atoms with E-state index < -0.39 is 6.04 Å². The van der Waals surface area contributed by atoms with Gasteiger partial charge in [0.1, 0.15) is 6.04 Å². The molecule has 4 rings (SSSR count). The molecule has 3 aliphatic heterocycles. The number of nitrogens with zero attached hydrogens (tertiary/aromatic N) is 2. The minimum atomic E-state index is -0.570. The van der Waals surface area contributed by atoms with Gasteiger partial charge in [0.25, 0.3) is 5.91 Å². The van der Waals surface area contributed by atoms with Gasteiger partial charge < -0.3 is 10.6 Å². The summed E-state index contributed by atoms with van der Waals surface area (Å²) >= 11 is 0. The molecule has 1 aromatic rings. The van der Waals surface area contributed by atoms with Crippen LogP contribution in [0.1, 0.15) is 47.7 Å². The molecule has 0 saturated carbocycles. The summed E-state index contributed by atoms with van der Waals surface area (Å²) in [6, 6.07) is 5.20. The minimum Gasteiger partial charge on any atom is -0.324 e. The summed E-state index contributed by atoms with van der Waals surface area (Å²) in [5.74, 6) is -0.765. The maximum absolute atomic E-state index is 12.8. The largest absolute Gasteiger partial charge is 0.324 e. The first kappa shape index (κ1) is 17.2. The fraction of sp³-hybridized carbons (Fsp3) is 0.526. The first-order valence-electron chi connectivity index (χ1n) is 9.11. The maximum Gasteiger partial charge on any atom is 0.255 e. The first-order valence-corrected chi connectivity index (χ1v) is 9.11. The number of imide groups is 1. The number of carbonyl (C=O) groups excluding carboxylic acids is 3. The van der Waals surface area contributed by atoms with Gasteiger partial charge in [-0.25, -0.2) is 0 Å². The molecule has 2 saturated heterocycles. The number of benzene rings is 1. The monoisotopic (exact) mass is 356 g/mol. The zero-order valence-corrected chi connectivity index (χ0v) is 15.0. The third kappa shape index (κ3) is 3.01. The number of amides is 3. The van der Waals surface area contributed by atoms with Gasteiger partial charge in [0.15, 0.2) is 0 Å². The van der Waals surface area contributed by atoms with Crippen LogP contribution in [0.15, 0.2) is 18.2 Å². The number of carbonyl (C=O) groups is 3. The second-order valence-electron chi connectivity index (χ2n) is 7.96. The van der Waals surface area contributed by atoms with Crippen LogP contribution < -0.4 is 11.1 Å². The molecule has 3 N–H and O–H groups in total. The van der Waals surface area contributed by atoms with Gasteiger partial charge in [-0.1, -0.05) is 12.1 Å². The summed E-state index contributed by atoms with van der Waals surface area (Å²) in [4.78, 5) is 40.3. The second kappa shape index (κ2) is 6.17. The molecule has 138 valence electrons. The fourth-order valence-corrected chi connectivity index (χ4v) is 4.26. The smallest absolute Gasteiger partial charge is 0.255 e. The van der Waals surface area contributed by atoms with Crippen LogP contribution in [0, 0.1) is 0 Å². The molecule has 2 atom stereocenters. The van der Waals surface area contributed by atoms with Crippen molar-refractivity contribution in [1.29, 1.82) is 0 Å².